The average Bonchev–Trinajstić information content (AvgIpc) is 2.92. The Bertz CT molecular complexity index is 282. The Labute approximate surface area is 127 Å². The zero-order chi connectivity index (χ0) is 13.9. The van der Waals surface area contributed by atoms with Gasteiger partial charge in [0.2, 0.25) is 11.8 Å². The lowest BCUT2D eigenvalue weighted by molar-refractivity contribution is -0.126. The van der Waals surface area contributed by atoms with Crippen LogP contribution >= 0.6 is 12.4 Å². The maximum atomic E-state index is 11.6. The van der Waals surface area contributed by atoms with E-state index in [0.717, 1.165) is 25.2 Å². The Balaban J connectivity index is 0.00000361. The molecule has 0 aliphatic heterocycles. The molecular weight excluding hydrogens is 278 g/mol. The van der Waals surface area contributed by atoms with Crippen LogP contribution in [0.3, 0.4) is 0 Å². The number of carbonyl (C=O) groups is 2. The number of unbranched alkanes of at least 4 members (excludes halogenated alkanes) is 1. The number of nitrogens with one attached hydrogen (secondary N) is 2. The Kier molecular flexibility index (Phi) is 11.5. The molecule has 1 fully saturated rings. The highest BCUT2D eigenvalue weighted by atomic mass is 35.5. The predicted molar refractivity (Wildman–Crippen MR) is 82.7 cm³/mol. The first-order chi connectivity index (χ1) is 9.22. The van der Waals surface area contributed by atoms with Gasteiger partial charge >= 0.3 is 0 Å². The third-order valence-corrected chi connectivity index (χ3v) is 3.65. The van der Waals surface area contributed by atoms with Gasteiger partial charge in [-0.3, -0.25) is 9.59 Å². The van der Waals surface area contributed by atoms with Gasteiger partial charge < -0.3 is 16.4 Å². The van der Waals surface area contributed by atoms with Gasteiger partial charge in [-0.2, -0.15) is 0 Å². The first-order valence-electron chi connectivity index (χ1n) is 7.46. The van der Waals surface area contributed by atoms with E-state index in [9.17, 15) is 9.59 Å². The number of hydrogen-bond acceptors (Lipinski definition) is 3. The maximum Gasteiger partial charge on any atom is 0.239 e. The van der Waals surface area contributed by atoms with Crippen molar-refractivity contribution in [3.8, 4) is 0 Å². The van der Waals surface area contributed by atoms with Crippen LogP contribution in [0, 0.1) is 5.92 Å². The molecule has 0 aromatic heterocycles. The van der Waals surface area contributed by atoms with Crippen LogP contribution in [0.1, 0.15) is 51.4 Å². The monoisotopic (exact) mass is 305 g/mol. The van der Waals surface area contributed by atoms with E-state index in [-0.39, 0.29) is 30.8 Å². The van der Waals surface area contributed by atoms with E-state index in [1.807, 2.05) is 0 Å². The highest BCUT2D eigenvalue weighted by Gasteiger charge is 2.16. The van der Waals surface area contributed by atoms with Crippen molar-refractivity contribution in [1.29, 1.82) is 0 Å². The van der Waals surface area contributed by atoms with E-state index in [2.05, 4.69) is 10.6 Å². The fourth-order valence-corrected chi connectivity index (χ4v) is 2.46. The van der Waals surface area contributed by atoms with Crippen molar-refractivity contribution in [3.05, 3.63) is 0 Å². The van der Waals surface area contributed by atoms with Gasteiger partial charge in [0.1, 0.15) is 0 Å². The van der Waals surface area contributed by atoms with E-state index in [1.165, 1.54) is 25.7 Å². The molecule has 5 nitrogen and oxygen atoms in total. The van der Waals surface area contributed by atoms with Crippen molar-refractivity contribution >= 4 is 24.2 Å². The second-order valence-corrected chi connectivity index (χ2v) is 5.31. The van der Waals surface area contributed by atoms with E-state index in [0.29, 0.717) is 19.5 Å². The second kappa shape index (κ2) is 12.0. The summed E-state index contributed by atoms with van der Waals surface area (Å²) in [5.74, 6) is 0.589. The Morgan fingerprint density at radius 2 is 1.75 bits per heavy atom. The number of nitrogens with two attached hydrogens (primary N) is 1. The van der Waals surface area contributed by atoms with Crippen molar-refractivity contribution in [2.24, 2.45) is 11.7 Å². The number of carbonyl (C=O) groups excluding carboxylic acids is 2. The molecule has 1 aliphatic carbocycles. The molecule has 0 atom stereocenters. The van der Waals surface area contributed by atoms with Crippen molar-refractivity contribution in [2.45, 2.75) is 51.4 Å². The quantitative estimate of drug-likeness (QED) is 0.562. The summed E-state index contributed by atoms with van der Waals surface area (Å²) in [6.45, 7) is 1.37. The van der Waals surface area contributed by atoms with Crippen molar-refractivity contribution < 1.29 is 9.59 Å². The van der Waals surface area contributed by atoms with E-state index < -0.39 is 0 Å². The molecule has 0 spiro atoms. The van der Waals surface area contributed by atoms with Crippen LogP contribution in [0.5, 0.6) is 0 Å². The molecule has 118 valence electrons. The van der Waals surface area contributed by atoms with Gasteiger partial charge in [-0.1, -0.05) is 25.7 Å². The molecule has 0 aromatic rings. The van der Waals surface area contributed by atoms with Crippen LogP contribution in [0.15, 0.2) is 0 Å². The molecule has 4 N–H and O–H groups in total. The summed E-state index contributed by atoms with van der Waals surface area (Å²) >= 11 is 0. The van der Waals surface area contributed by atoms with Gasteiger partial charge in [0.05, 0.1) is 6.54 Å². The first kappa shape index (κ1) is 19.2. The average molecular weight is 306 g/mol. The van der Waals surface area contributed by atoms with Crippen LogP contribution < -0.4 is 16.4 Å². The lowest BCUT2D eigenvalue weighted by Crippen LogP contribution is -2.37. The summed E-state index contributed by atoms with van der Waals surface area (Å²) < 4.78 is 0. The highest BCUT2D eigenvalue weighted by Crippen LogP contribution is 2.28. The standard InChI is InChI=1S/C14H27N3O2.ClH/c15-9-3-4-10-16-14(19)11-17-13(18)8-7-12-5-1-2-6-12;/h12H,1-11,15H2,(H,16,19)(H,17,18);1H. The number of amides is 2. The number of rotatable bonds is 9. The van der Waals surface area contributed by atoms with Gasteiger partial charge in [-0.15, -0.1) is 12.4 Å². The van der Waals surface area contributed by atoms with Gasteiger partial charge in [-0.25, -0.2) is 0 Å². The van der Waals surface area contributed by atoms with Gasteiger partial charge in [-0.05, 0) is 31.7 Å². The highest BCUT2D eigenvalue weighted by molar-refractivity contribution is 5.85. The fourth-order valence-electron chi connectivity index (χ4n) is 2.46. The summed E-state index contributed by atoms with van der Waals surface area (Å²) in [5.41, 5.74) is 5.36. The van der Waals surface area contributed by atoms with E-state index in [1.54, 1.807) is 0 Å². The zero-order valence-corrected chi connectivity index (χ0v) is 13.0. The lowest BCUT2D eigenvalue weighted by Gasteiger charge is -2.09. The van der Waals surface area contributed by atoms with E-state index >= 15 is 0 Å². The second-order valence-electron chi connectivity index (χ2n) is 5.31. The maximum absolute atomic E-state index is 11.6. The summed E-state index contributed by atoms with van der Waals surface area (Å²) in [7, 11) is 0. The largest absolute Gasteiger partial charge is 0.355 e. The molecule has 1 rings (SSSR count). The Morgan fingerprint density at radius 3 is 2.40 bits per heavy atom. The van der Waals surface area contributed by atoms with Gasteiger partial charge in [0.15, 0.2) is 0 Å². The molecule has 6 heteroatoms. The third kappa shape index (κ3) is 9.15. The molecule has 0 aromatic carbocycles. The molecule has 0 saturated heterocycles. The SMILES string of the molecule is Cl.NCCCCNC(=O)CNC(=O)CCC1CCCC1. The molecule has 20 heavy (non-hydrogen) atoms. The van der Waals surface area contributed by atoms with Crippen LogP contribution in [0.25, 0.3) is 0 Å². The fraction of sp³-hybridized carbons (Fsp3) is 0.857. The number of hydrogen-bond donors (Lipinski definition) is 3. The minimum atomic E-state index is -0.119. The molecule has 0 heterocycles. The molecule has 0 radical (unpaired) electrons. The zero-order valence-electron chi connectivity index (χ0n) is 12.2. The Hall–Kier alpha value is -0.810. The normalized spacial score (nSPS) is 14.7. The number of halogens is 1. The summed E-state index contributed by atoms with van der Waals surface area (Å²) in [5, 5.41) is 5.43. The van der Waals surface area contributed by atoms with E-state index in [4.69, 9.17) is 5.73 Å². The smallest absolute Gasteiger partial charge is 0.239 e. The topological polar surface area (TPSA) is 84.2 Å². The Morgan fingerprint density at radius 1 is 1.05 bits per heavy atom. The van der Waals surface area contributed by atoms with Crippen molar-refractivity contribution in [2.75, 3.05) is 19.6 Å². The summed E-state index contributed by atoms with van der Waals surface area (Å²) in [4.78, 5) is 23.0. The molecule has 1 saturated carbocycles. The van der Waals surface area contributed by atoms with Crippen molar-refractivity contribution in [1.82, 2.24) is 10.6 Å². The van der Waals surface area contributed by atoms with Crippen LogP contribution in [0.2, 0.25) is 0 Å². The molecule has 0 unspecified atom stereocenters. The lowest BCUT2D eigenvalue weighted by atomic mass is 10.0. The van der Waals surface area contributed by atoms with Crippen molar-refractivity contribution in [3.63, 3.8) is 0 Å². The minimum absolute atomic E-state index is 0. The molecule has 1 aliphatic rings. The third-order valence-electron chi connectivity index (χ3n) is 3.65. The van der Waals surface area contributed by atoms with Crippen LogP contribution in [0.4, 0.5) is 0 Å². The molecule has 2 amide bonds. The molecular formula is C14H28ClN3O2. The summed E-state index contributed by atoms with van der Waals surface area (Å²) in [6, 6.07) is 0. The minimum Gasteiger partial charge on any atom is -0.355 e. The van der Waals surface area contributed by atoms with Gasteiger partial charge in [0, 0.05) is 13.0 Å². The summed E-state index contributed by atoms with van der Waals surface area (Å²) in [6.07, 6.45) is 8.43. The first-order valence-corrected chi connectivity index (χ1v) is 7.46. The predicted octanol–water partition coefficient (Wildman–Crippen LogP) is 1.35. The van der Waals surface area contributed by atoms with Gasteiger partial charge in [0.25, 0.3) is 0 Å². The molecule has 0 bridgehead atoms. The van der Waals surface area contributed by atoms with Crippen LogP contribution in [-0.4, -0.2) is 31.4 Å². The van der Waals surface area contributed by atoms with Crippen LogP contribution in [-0.2, 0) is 9.59 Å².